The molecule has 1 aliphatic carbocycles. The van der Waals surface area contributed by atoms with Crippen LogP contribution in [0.1, 0.15) is 19.8 Å². The SMILES string of the molecule is CC1CC(C(=O)N2CCS(=O)(=O)CC2)(C(N)=NO)C1. The van der Waals surface area contributed by atoms with E-state index in [1.807, 2.05) is 6.92 Å². The van der Waals surface area contributed by atoms with Gasteiger partial charge in [0, 0.05) is 13.1 Å². The van der Waals surface area contributed by atoms with Gasteiger partial charge in [-0.05, 0) is 18.8 Å². The molecule has 1 aliphatic heterocycles. The highest BCUT2D eigenvalue weighted by atomic mass is 32.2. The summed E-state index contributed by atoms with van der Waals surface area (Å²) < 4.78 is 22.7. The number of nitrogens with two attached hydrogens (primary N) is 1. The predicted octanol–water partition coefficient (Wildman–Crippen LogP) is -0.594. The molecule has 2 rings (SSSR count). The lowest BCUT2D eigenvalue weighted by Crippen LogP contribution is -2.59. The van der Waals surface area contributed by atoms with E-state index in [-0.39, 0.29) is 36.3 Å². The molecule has 1 saturated carbocycles. The molecule has 1 amide bonds. The van der Waals surface area contributed by atoms with E-state index in [1.165, 1.54) is 4.90 Å². The minimum absolute atomic E-state index is 0.0133. The highest BCUT2D eigenvalue weighted by molar-refractivity contribution is 7.91. The summed E-state index contributed by atoms with van der Waals surface area (Å²) in [5.41, 5.74) is 4.74. The molecule has 0 spiro atoms. The third-order valence-corrected chi connectivity index (χ3v) is 5.64. The molecule has 3 N–H and O–H groups in total. The van der Waals surface area contributed by atoms with Crippen LogP contribution in [0, 0.1) is 11.3 Å². The van der Waals surface area contributed by atoms with Crippen molar-refractivity contribution < 1.29 is 18.4 Å². The Morgan fingerprint density at radius 2 is 1.89 bits per heavy atom. The van der Waals surface area contributed by atoms with Gasteiger partial charge in [0.15, 0.2) is 15.7 Å². The number of oxime groups is 1. The topological polar surface area (TPSA) is 113 Å². The molecular formula is C11H19N3O4S. The normalized spacial score (nSPS) is 34.7. The molecule has 0 aromatic rings. The first-order valence-electron chi connectivity index (χ1n) is 6.28. The molecule has 7 nitrogen and oxygen atoms in total. The fourth-order valence-electron chi connectivity index (χ4n) is 2.94. The Hall–Kier alpha value is -1.31. The zero-order valence-corrected chi connectivity index (χ0v) is 11.7. The Morgan fingerprint density at radius 3 is 2.32 bits per heavy atom. The van der Waals surface area contributed by atoms with Crippen LogP contribution in [0.4, 0.5) is 0 Å². The van der Waals surface area contributed by atoms with Gasteiger partial charge in [0.25, 0.3) is 0 Å². The molecule has 0 radical (unpaired) electrons. The second-order valence-electron chi connectivity index (χ2n) is 5.52. The van der Waals surface area contributed by atoms with E-state index < -0.39 is 15.3 Å². The Labute approximate surface area is 112 Å². The first kappa shape index (κ1) is 14.1. The number of nitrogens with zero attached hydrogens (tertiary/aromatic N) is 2. The lowest BCUT2D eigenvalue weighted by Gasteiger charge is -2.46. The summed E-state index contributed by atoms with van der Waals surface area (Å²) in [6.45, 7) is 2.38. The maximum atomic E-state index is 12.5. The minimum atomic E-state index is -3.02. The van der Waals surface area contributed by atoms with Crippen LogP contribution in [-0.4, -0.2) is 54.9 Å². The molecule has 8 heteroatoms. The molecule has 0 aromatic carbocycles. The summed E-state index contributed by atoms with van der Waals surface area (Å²) in [5, 5.41) is 11.8. The van der Waals surface area contributed by atoms with Crippen molar-refractivity contribution in [1.82, 2.24) is 4.90 Å². The quantitative estimate of drug-likeness (QED) is 0.305. The lowest BCUT2D eigenvalue weighted by molar-refractivity contribution is -0.144. The van der Waals surface area contributed by atoms with E-state index in [1.54, 1.807) is 0 Å². The van der Waals surface area contributed by atoms with Gasteiger partial charge in [-0.2, -0.15) is 0 Å². The second-order valence-corrected chi connectivity index (χ2v) is 7.83. The van der Waals surface area contributed by atoms with Crippen LogP contribution in [0.3, 0.4) is 0 Å². The van der Waals surface area contributed by atoms with Crippen molar-refractivity contribution in [2.75, 3.05) is 24.6 Å². The number of amides is 1. The number of rotatable bonds is 2. The molecule has 1 saturated heterocycles. The summed E-state index contributed by atoms with van der Waals surface area (Å²) in [6, 6.07) is 0. The largest absolute Gasteiger partial charge is 0.409 e. The highest BCUT2D eigenvalue weighted by Gasteiger charge is 2.54. The first-order chi connectivity index (χ1) is 8.81. The lowest BCUT2D eigenvalue weighted by atomic mass is 9.61. The third-order valence-electron chi connectivity index (χ3n) is 4.03. The highest BCUT2D eigenvalue weighted by Crippen LogP contribution is 2.47. The average molecular weight is 289 g/mol. The van der Waals surface area contributed by atoms with Crippen molar-refractivity contribution in [1.29, 1.82) is 0 Å². The van der Waals surface area contributed by atoms with Crippen LogP contribution in [0.15, 0.2) is 5.16 Å². The smallest absolute Gasteiger partial charge is 0.236 e. The van der Waals surface area contributed by atoms with Gasteiger partial charge >= 0.3 is 0 Å². The van der Waals surface area contributed by atoms with Gasteiger partial charge < -0.3 is 15.8 Å². The maximum Gasteiger partial charge on any atom is 0.236 e. The molecule has 0 aromatic heterocycles. The van der Waals surface area contributed by atoms with Crippen molar-refractivity contribution >= 4 is 21.6 Å². The second kappa shape index (κ2) is 4.66. The number of carbonyl (C=O) groups is 1. The van der Waals surface area contributed by atoms with Crippen LogP contribution in [-0.2, 0) is 14.6 Å². The molecule has 1 heterocycles. The Kier molecular flexibility index (Phi) is 3.46. The van der Waals surface area contributed by atoms with Gasteiger partial charge in [-0.15, -0.1) is 0 Å². The van der Waals surface area contributed by atoms with Gasteiger partial charge in [0.1, 0.15) is 5.41 Å². The molecule has 0 bridgehead atoms. The Balaban J connectivity index is 2.14. The maximum absolute atomic E-state index is 12.5. The van der Waals surface area contributed by atoms with Crippen LogP contribution in [0.25, 0.3) is 0 Å². The number of hydrogen-bond donors (Lipinski definition) is 2. The molecule has 0 unspecified atom stereocenters. The molecule has 2 aliphatic rings. The van der Waals surface area contributed by atoms with Crippen molar-refractivity contribution in [3.8, 4) is 0 Å². The summed E-state index contributed by atoms with van der Waals surface area (Å²) in [4.78, 5) is 14.0. The zero-order valence-electron chi connectivity index (χ0n) is 10.9. The standard InChI is InChI=1S/C11H19N3O4S/c1-8-6-11(7-8,9(12)13-16)10(15)14-2-4-19(17,18)5-3-14/h8,16H,2-7H2,1H3,(H2,12,13). The van der Waals surface area contributed by atoms with Gasteiger partial charge in [-0.25, -0.2) is 8.42 Å². The fourth-order valence-corrected chi connectivity index (χ4v) is 4.14. The Morgan fingerprint density at radius 1 is 1.37 bits per heavy atom. The molecule has 108 valence electrons. The number of amidine groups is 1. The third kappa shape index (κ3) is 2.41. The summed E-state index contributed by atoms with van der Waals surface area (Å²) >= 11 is 0. The number of hydrogen-bond acceptors (Lipinski definition) is 5. The van der Waals surface area contributed by atoms with Crippen LogP contribution in [0.5, 0.6) is 0 Å². The zero-order chi connectivity index (χ0) is 14.3. The van der Waals surface area contributed by atoms with Crippen LogP contribution in [0.2, 0.25) is 0 Å². The van der Waals surface area contributed by atoms with Gasteiger partial charge in [0.2, 0.25) is 5.91 Å². The molecule has 2 fully saturated rings. The van der Waals surface area contributed by atoms with Crippen molar-refractivity contribution in [2.45, 2.75) is 19.8 Å². The molecular weight excluding hydrogens is 270 g/mol. The predicted molar refractivity (Wildman–Crippen MR) is 69.5 cm³/mol. The van der Waals surface area contributed by atoms with Crippen molar-refractivity contribution in [3.63, 3.8) is 0 Å². The van der Waals surface area contributed by atoms with Gasteiger partial charge in [0.05, 0.1) is 11.5 Å². The summed E-state index contributed by atoms with van der Waals surface area (Å²) in [6.07, 6.45) is 1.09. The Bertz CT molecular complexity index is 494. The van der Waals surface area contributed by atoms with E-state index in [0.717, 1.165) is 0 Å². The molecule has 0 atom stereocenters. The van der Waals surface area contributed by atoms with Gasteiger partial charge in [-0.3, -0.25) is 4.79 Å². The number of sulfone groups is 1. The van der Waals surface area contributed by atoms with Crippen LogP contribution < -0.4 is 5.73 Å². The van der Waals surface area contributed by atoms with E-state index in [4.69, 9.17) is 10.9 Å². The minimum Gasteiger partial charge on any atom is -0.409 e. The van der Waals surface area contributed by atoms with E-state index in [2.05, 4.69) is 5.16 Å². The number of carbonyl (C=O) groups excluding carboxylic acids is 1. The van der Waals surface area contributed by atoms with E-state index >= 15 is 0 Å². The van der Waals surface area contributed by atoms with Gasteiger partial charge in [-0.1, -0.05) is 12.1 Å². The molecule has 19 heavy (non-hydrogen) atoms. The van der Waals surface area contributed by atoms with E-state index in [9.17, 15) is 13.2 Å². The van der Waals surface area contributed by atoms with Crippen molar-refractivity contribution in [2.24, 2.45) is 22.2 Å². The summed E-state index contributed by atoms with van der Waals surface area (Å²) in [5.74, 6) is 0.0405. The first-order valence-corrected chi connectivity index (χ1v) is 8.11. The van der Waals surface area contributed by atoms with E-state index in [0.29, 0.717) is 18.8 Å². The fraction of sp³-hybridized carbons (Fsp3) is 0.818. The van der Waals surface area contributed by atoms with Crippen LogP contribution >= 0.6 is 0 Å². The monoisotopic (exact) mass is 289 g/mol. The average Bonchev–Trinajstić information content (AvgIpc) is 2.33. The summed E-state index contributed by atoms with van der Waals surface area (Å²) in [7, 11) is -3.02. The van der Waals surface area contributed by atoms with Crippen molar-refractivity contribution in [3.05, 3.63) is 0 Å².